The van der Waals surface area contributed by atoms with E-state index in [0.29, 0.717) is 18.7 Å². The van der Waals surface area contributed by atoms with Gasteiger partial charge in [-0.3, -0.25) is 4.79 Å². The van der Waals surface area contributed by atoms with Gasteiger partial charge in [-0.2, -0.15) is 0 Å². The number of hydrogen-bond donors (Lipinski definition) is 0. The number of pyridine rings is 1. The van der Waals surface area contributed by atoms with E-state index in [1.54, 1.807) is 14.2 Å². The first-order chi connectivity index (χ1) is 18.1. The number of rotatable bonds is 5. The largest absolute Gasteiger partial charge is 1.00 e. The third kappa shape index (κ3) is 4.56. The number of methoxy groups -OCH3 is 2. The molecule has 5 nitrogen and oxygen atoms in total. The maximum atomic E-state index is 13.9. The molecule has 0 fully saturated rings. The fourth-order valence-corrected chi connectivity index (χ4v) is 6.01. The van der Waals surface area contributed by atoms with Crippen molar-refractivity contribution in [3.05, 3.63) is 112 Å². The molecule has 0 radical (unpaired) electrons. The number of carbonyl (C=O) groups excluding carboxylic acids is 1. The van der Waals surface area contributed by atoms with Crippen LogP contribution in [0, 0.1) is 0 Å². The number of aromatic nitrogens is 1. The van der Waals surface area contributed by atoms with Gasteiger partial charge in [-0.25, -0.2) is 4.57 Å². The first-order valence-electron chi connectivity index (χ1n) is 12.5. The predicted molar refractivity (Wildman–Crippen MR) is 143 cm³/mol. The molecule has 1 unspecified atom stereocenters. The van der Waals surface area contributed by atoms with Gasteiger partial charge in [-0.1, -0.05) is 48.0 Å². The SMILES string of the molecule is COc1cc2c3c(c1OC)-c1ccccc1CC3N(C(=O)c1cc[n+](Cc3cccc(Cl)c3)cc1)CC2.[Br-]. The van der Waals surface area contributed by atoms with E-state index in [1.807, 2.05) is 53.7 Å². The molecule has 0 saturated carbocycles. The van der Waals surface area contributed by atoms with Gasteiger partial charge in [0.2, 0.25) is 0 Å². The van der Waals surface area contributed by atoms with Gasteiger partial charge in [0.25, 0.3) is 5.91 Å². The molecule has 3 aromatic carbocycles. The smallest absolute Gasteiger partial charge is 0.254 e. The Balaban J connectivity index is 0.00000294. The van der Waals surface area contributed by atoms with Gasteiger partial charge in [0.1, 0.15) is 0 Å². The highest BCUT2D eigenvalue weighted by Gasteiger charge is 2.39. The predicted octanol–water partition coefficient (Wildman–Crippen LogP) is 2.66. The Bertz CT molecular complexity index is 1510. The Morgan fingerprint density at radius 3 is 2.53 bits per heavy atom. The topological polar surface area (TPSA) is 42.7 Å². The highest BCUT2D eigenvalue weighted by Crippen LogP contribution is 2.52. The molecule has 0 spiro atoms. The van der Waals surface area contributed by atoms with Crippen LogP contribution in [0.15, 0.2) is 79.1 Å². The lowest BCUT2D eigenvalue weighted by molar-refractivity contribution is -0.688. The Morgan fingerprint density at radius 1 is 1.00 bits per heavy atom. The zero-order valence-electron chi connectivity index (χ0n) is 21.3. The molecular weight excluding hydrogens is 564 g/mol. The van der Waals surface area contributed by atoms with Crippen molar-refractivity contribution in [3.8, 4) is 22.6 Å². The first-order valence-corrected chi connectivity index (χ1v) is 12.9. The lowest BCUT2D eigenvalue weighted by atomic mass is 9.76. The van der Waals surface area contributed by atoms with Crippen molar-refractivity contribution in [2.24, 2.45) is 0 Å². The minimum atomic E-state index is -0.0558. The minimum absolute atomic E-state index is 0. The summed E-state index contributed by atoms with van der Waals surface area (Å²) in [6, 6.07) is 22.1. The van der Waals surface area contributed by atoms with Crippen LogP contribution in [0.2, 0.25) is 5.02 Å². The summed E-state index contributed by atoms with van der Waals surface area (Å²) >= 11 is 6.14. The van der Waals surface area contributed by atoms with E-state index in [2.05, 4.69) is 34.9 Å². The molecule has 1 aliphatic carbocycles. The van der Waals surface area contributed by atoms with Crippen LogP contribution >= 0.6 is 11.6 Å². The van der Waals surface area contributed by atoms with Gasteiger partial charge in [0, 0.05) is 34.8 Å². The summed E-state index contributed by atoms with van der Waals surface area (Å²) in [6.45, 7) is 1.35. The van der Waals surface area contributed by atoms with Crippen LogP contribution < -0.4 is 31.0 Å². The van der Waals surface area contributed by atoms with Gasteiger partial charge >= 0.3 is 0 Å². The lowest BCUT2D eigenvalue weighted by Crippen LogP contribution is -3.00. The van der Waals surface area contributed by atoms with Crippen molar-refractivity contribution in [1.82, 2.24) is 4.90 Å². The maximum absolute atomic E-state index is 13.9. The van der Waals surface area contributed by atoms with Crippen LogP contribution in [0.3, 0.4) is 0 Å². The Kier molecular flexibility index (Phi) is 7.46. The second-order valence-electron chi connectivity index (χ2n) is 9.57. The average Bonchev–Trinajstić information content (AvgIpc) is 2.93. The van der Waals surface area contributed by atoms with Crippen LogP contribution in [0.25, 0.3) is 11.1 Å². The number of hydrogen-bond acceptors (Lipinski definition) is 3. The van der Waals surface area contributed by atoms with Gasteiger partial charge in [-0.05, 0) is 53.3 Å². The second-order valence-corrected chi connectivity index (χ2v) is 10.0. The zero-order valence-corrected chi connectivity index (χ0v) is 23.6. The molecule has 1 aliphatic heterocycles. The second kappa shape index (κ2) is 10.8. The van der Waals surface area contributed by atoms with Gasteiger partial charge in [0.15, 0.2) is 30.4 Å². The highest BCUT2D eigenvalue weighted by molar-refractivity contribution is 6.30. The molecule has 7 heteroatoms. The molecule has 2 aliphatic rings. The van der Waals surface area contributed by atoms with E-state index >= 15 is 0 Å². The molecular formula is C31H28BrClN2O3. The summed E-state index contributed by atoms with van der Waals surface area (Å²) in [5, 5.41) is 0.720. The first kappa shape index (κ1) is 26.3. The van der Waals surface area contributed by atoms with Gasteiger partial charge in [-0.15, -0.1) is 0 Å². The van der Waals surface area contributed by atoms with E-state index in [0.717, 1.165) is 46.1 Å². The number of amides is 1. The van der Waals surface area contributed by atoms with E-state index < -0.39 is 0 Å². The fourth-order valence-electron chi connectivity index (χ4n) is 5.79. The van der Waals surface area contributed by atoms with E-state index in [4.69, 9.17) is 21.1 Å². The van der Waals surface area contributed by atoms with Crippen molar-refractivity contribution < 1.29 is 35.8 Å². The van der Waals surface area contributed by atoms with Crippen LogP contribution in [-0.2, 0) is 19.4 Å². The lowest BCUT2D eigenvalue weighted by Gasteiger charge is -2.42. The summed E-state index contributed by atoms with van der Waals surface area (Å²) < 4.78 is 13.6. The third-order valence-electron chi connectivity index (χ3n) is 7.48. The standard InChI is InChI=1S/C31H28ClN2O3.BrH/c1-36-27-18-23-12-15-34(26-17-22-7-3-4-9-25(22)29(28(23)26)30(27)37-2)31(35)21-10-13-33(14-11-21)19-20-6-5-8-24(32)16-20;/h3-11,13-14,16,18,26H,12,15,17,19H2,1-2H3;1H/q+1;/p-1. The summed E-state index contributed by atoms with van der Waals surface area (Å²) in [7, 11) is 3.36. The number of halogens is 2. The third-order valence-corrected chi connectivity index (χ3v) is 7.72. The van der Waals surface area contributed by atoms with E-state index in [9.17, 15) is 4.79 Å². The Hall–Kier alpha value is -3.35. The van der Waals surface area contributed by atoms with Crippen LogP contribution in [0.1, 0.15) is 38.7 Å². The number of nitrogens with zero attached hydrogens (tertiary/aromatic N) is 2. The molecule has 4 aromatic rings. The Labute approximate surface area is 238 Å². The molecule has 2 heterocycles. The van der Waals surface area contributed by atoms with Crippen LogP contribution in [0.5, 0.6) is 11.5 Å². The van der Waals surface area contributed by atoms with Crippen LogP contribution in [-0.4, -0.2) is 31.6 Å². The minimum Gasteiger partial charge on any atom is -1.00 e. The maximum Gasteiger partial charge on any atom is 0.254 e. The molecule has 6 rings (SSSR count). The Morgan fingerprint density at radius 2 is 1.79 bits per heavy atom. The summed E-state index contributed by atoms with van der Waals surface area (Å²) in [6.07, 6.45) is 5.47. The molecule has 0 N–H and O–H groups in total. The molecule has 1 aromatic heterocycles. The number of fused-ring (bicyclic) bond motifs is 2. The molecule has 194 valence electrons. The molecule has 1 atom stereocenters. The normalized spacial score (nSPS) is 15.1. The number of carbonyl (C=O) groups is 1. The van der Waals surface area contributed by atoms with Crippen molar-refractivity contribution in [2.45, 2.75) is 25.4 Å². The zero-order chi connectivity index (χ0) is 25.5. The summed E-state index contributed by atoms with van der Waals surface area (Å²) in [5.74, 6) is 1.51. The number of benzene rings is 3. The monoisotopic (exact) mass is 590 g/mol. The van der Waals surface area contributed by atoms with Crippen molar-refractivity contribution >= 4 is 17.5 Å². The fraction of sp³-hybridized carbons (Fsp3) is 0.226. The molecule has 38 heavy (non-hydrogen) atoms. The van der Waals surface area contributed by atoms with Crippen molar-refractivity contribution in [1.29, 1.82) is 0 Å². The van der Waals surface area contributed by atoms with E-state index in [1.165, 1.54) is 16.7 Å². The highest BCUT2D eigenvalue weighted by atomic mass is 79.9. The average molecular weight is 592 g/mol. The molecule has 0 saturated heterocycles. The van der Waals surface area contributed by atoms with Crippen molar-refractivity contribution in [3.63, 3.8) is 0 Å². The van der Waals surface area contributed by atoms with Gasteiger partial charge < -0.3 is 31.4 Å². The number of ether oxygens (including phenoxy) is 2. The quantitative estimate of drug-likeness (QED) is 0.335. The van der Waals surface area contributed by atoms with Gasteiger partial charge in [0.05, 0.1) is 25.8 Å². The molecule has 1 amide bonds. The summed E-state index contributed by atoms with van der Waals surface area (Å²) in [4.78, 5) is 15.9. The van der Waals surface area contributed by atoms with E-state index in [-0.39, 0.29) is 28.9 Å². The molecule has 0 bridgehead atoms. The van der Waals surface area contributed by atoms with Crippen LogP contribution in [0.4, 0.5) is 0 Å². The summed E-state index contributed by atoms with van der Waals surface area (Å²) in [5.41, 5.74) is 7.63. The van der Waals surface area contributed by atoms with Crippen molar-refractivity contribution in [2.75, 3.05) is 20.8 Å².